The zero-order chi connectivity index (χ0) is 38.6. The number of esters is 2. The van der Waals surface area contributed by atoms with Gasteiger partial charge in [-0.3, -0.25) is 0 Å². The normalized spacial score (nSPS) is 35.5. The first-order valence-electron chi connectivity index (χ1n) is 16.5. The Bertz CT molecular complexity index is 1520. The number of phenols is 1. The van der Waals surface area contributed by atoms with Crippen LogP contribution in [0, 0.1) is 11.8 Å². The van der Waals surface area contributed by atoms with Gasteiger partial charge in [-0.1, -0.05) is 6.08 Å². The topological polar surface area (TPSA) is 279 Å². The van der Waals surface area contributed by atoms with Crippen molar-refractivity contribution in [2.24, 2.45) is 11.8 Å². The molecule has 8 N–H and O–H groups in total. The summed E-state index contributed by atoms with van der Waals surface area (Å²) in [6, 6.07) is 2.88. The average Bonchev–Trinajstić information content (AvgIpc) is 3.61. The predicted molar refractivity (Wildman–Crippen MR) is 173 cm³/mol. The monoisotopic (exact) mass is 756 g/mol. The molecule has 4 aliphatic rings. The number of methoxy groups -OCH3 is 3. The quantitative estimate of drug-likeness (QED) is 0.0591. The third kappa shape index (κ3) is 8.60. The lowest BCUT2D eigenvalue weighted by molar-refractivity contribution is -0.352. The van der Waals surface area contributed by atoms with Crippen LogP contribution in [-0.4, -0.2) is 162 Å². The van der Waals surface area contributed by atoms with E-state index >= 15 is 0 Å². The van der Waals surface area contributed by atoms with E-state index in [4.69, 9.17) is 42.6 Å². The fourth-order valence-corrected chi connectivity index (χ4v) is 6.49. The molecule has 13 atom stereocenters. The Morgan fingerprint density at radius 1 is 0.830 bits per heavy atom. The number of benzene rings is 1. The number of hydrogen-bond donors (Lipinski definition) is 8. The van der Waals surface area contributed by atoms with Crippen LogP contribution in [0.3, 0.4) is 0 Å². The Balaban J connectivity index is 1.20. The fraction of sp³-hybridized carbons (Fsp3) is 0.588. The molecule has 1 aliphatic carbocycles. The van der Waals surface area contributed by atoms with Gasteiger partial charge in [-0.05, 0) is 35.8 Å². The molecule has 0 saturated carbocycles. The minimum Gasteiger partial charge on any atom is -0.502 e. The van der Waals surface area contributed by atoms with Crippen LogP contribution < -0.4 is 9.47 Å². The van der Waals surface area contributed by atoms with Crippen LogP contribution in [0.15, 0.2) is 41.7 Å². The lowest BCUT2D eigenvalue weighted by Crippen LogP contribution is -2.62. The molecule has 0 spiro atoms. The van der Waals surface area contributed by atoms with Gasteiger partial charge >= 0.3 is 11.9 Å². The van der Waals surface area contributed by atoms with Crippen molar-refractivity contribution < 1.29 is 93.1 Å². The molecule has 19 nitrogen and oxygen atoms in total. The second kappa shape index (κ2) is 17.5. The molecule has 2 fully saturated rings. The number of aliphatic hydroxyl groups is 7. The van der Waals surface area contributed by atoms with Gasteiger partial charge in [0, 0.05) is 12.0 Å². The highest BCUT2D eigenvalue weighted by atomic mass is 16.8. The van der Waals surface area contributed by atoms with E-state index in [1.165, 1.54) is 39.5 Å². The van der Waals surface area contributed by atoms with Crippen molar-refractivity contribution in [1.82, 2.24) is 0 Å². The molecule has 3 heterocycles. The maximum absolute atomic E-state index is 12.5. The van der Waals surface area contributed by atoms with Gasteiger partial charge in [0.25, 0.3) is 0 Å². The maximum atomic E-state index is 12.5. The van der Waals surface area contributed by atoms with Crippen LogP contribution >= 0.6 is 0 Å². The van der Waals surface area contributed by atoms with E-state index in [1.54, 1.807) is 6.08 Å². The zero-order valence-electron chi connectivity index (χ0n) is 28.9. The Morgan fingerprint density at radius 3 is 2.04 bits per heavy atom. The number of ether oxygens (including phenoxy) is 9. The Labute approximate surface area is 302 Å². The smallest absolute Gasteiger partial charge is 0.337 e. The van der Waals surface area contributed by atoms with Crippen LogP contribution in [0.5, 0.6) is 17.2 Å². The summed E-state index contributed by atoms with van der Waals surface area (Å²) in [5.74, 6) is -2.73. The number of aliphatic hydroxyl groups excluding tert-OH is 7. The first-order chi connectivity index (χ1) is 25.3. The molecule has 53 heavy (non-hydrogen) atoms. The Kier molecular flexibility index (Phi) is 13.3. The van der Waals surface area contributed by atoms with E-state index < -0.39 is 105 Å². The molecule has 19 heteroatoms. The van der Waals surface area contributed by atoms with Gasteiger partial charge in [0.15, 0.2) is 24.1 Å². The summed E-state index contributed by atoms with van der Waals surface area (Å²) in [5, 5.41) is 83.6. The summed E-state index contributed by atoms with van der Waals surface area (Å²) in [4.78, 5) is 24.8. The van der Waals surface area contributed by atoms with Crippen molar-refractivity contribution in [1.29, 1.82) is 0 Å². The number of aromatic hydroxyl groups is 1. The molecule has 1 aromatic rings. The molecule has 294 valence electrons. The summed E-state index contributed by atoms with van der Waals surface area (Å²) >= 11 is 0. The van der Waals surface area contributed by atoms with Gasteiger partial charge < -0.3 is 83.5 Å². The molecule has 2 saturated heterocycles. The van der Waals surface area contributed by atoms with Crippen molar-refractivity contribution in [3.05, 3.63) is 47.3 Å². The van der Waals surface area contributed by atoms with Gasteiger partial charge in [0.2, 0.25) is 12.0 Å². The van der Waals surface area contributed by atoms with Crippen LogP contribution in [-0.2, 0) is 42.7 Å². The van der Waals surface area contributed by atoms with E-state index in [2.05, 4.69) is 0 Å². The van der Waals surface area contributed by atoms with Crippen molar-refractivity contribution in [2.45, 2.75) is 74.1 Å². The highest BCUT2D eigenvalue weighted by Crippen LogP contribution is 2.44. The number of carbonyl (C=O) groups is 2. The summed E-state index contributed by atoms with van der Waals surface area (Å²) in [6.45, 7) is -1.59. The molecular formula is C34H44O19. The summed E-state index contributed by atoms with van der Waals surface area (Å²) in [6.07, 6.45) is -12.4. The third-order valence-corrected chi connectivity index (χ3v) is 9.45. The maximum Gasteiger partial charge on any atom is 0.337 e. The predicted octanol–water partition coefficient (Wildman–Crippen LogP) is -2.42. The van der Waals surface area contributed by atoms with E-state index in [9.17, 15) is 50.4 Å². The van der Waals surface area contributed by atoms with E-state index in [0.717, 1.165) is 12.3 Å². The minimum absolute atomic E-state index is 0.0945. The molecule has 0 aromatic heterocycles. The summed E-state index contributed by atoms with van der Waals surface area (Å²) in [7, 11) is 3.89. The molecule has 3 aliphatic heterocycles. The molecule has 5 rings (SSSR count). The fourth-order valence-electron chi connectivity index (χ4n) is 6.49. The van der Waals surface area contributed by atoms with Gasteiger partial charge in [-0.2, -0.15) is 0 Å². The number of phenolic OH excluding ortho intramolecular Hbond substituents is 1. The first kappa shape index (κ1) is 40.3. The van der Waals surface area contributed by atoms with Crippen LogP contribution in [0.2, 0.25) is 0 Å². The second-order valence-corrected chi connectivity index (χ2v) is 12.6. The van der Waals surface area contributed by atoms with Gasteiger partial charge in [-0.15, -0.1) is 0 Å². The first-order valence-corrected chi connectivity index (χ1v) is 16.5. The number of carbonyl (C=O) groups excluding carboxylic acids is 2. The zero-order valence-corrected chi connectivity index (χ0v) is 28.9. The highest BCUT2D eigenvalue weighted by molar-refractivity contribution is 5.89. The third-order valence-electron chi connectivity index (χ3n) is 9.45. The number of rotatable bonds is 13. The lowest BCUT2D eigenvalue weighted by Gasteiger charge is -2.44. The van der Waals surface area contributed by atoms with E-state index in [1.807, 2.05) is 0 Å². The molecular weight excluding hydrogens is 712 g/mol. The van der Waals surface area contributed by atoms with Crippen molar-refractivity contribution >= 4 is 18.0 Å². The molecule has 1 aromatic carbocycles. The van der Waals surface area contributed by atoms with E-state index in [-0.39, 0.29) is 29.4 Å². The second-order valence-electron chi connectivity index (χ2n) is 12.6. The van der Waals surface area contributed by atoms with Crippen LogP contribution in [0.4, 0.5) is 0 Å². The number of allylic oxidation sites excluding steroid dienone is 1. The highest BCUT2D eigenvalue weighted by Gasteiger charge is 2.51. The Morgan fingerprint density at radius 2 is 1.43 bits per heavy atom. The molecule has 0 radical (unpaired) electrons. The van der Waals surface area contributed by atoms with Crippen molar-refractivity contribution in [3.63, 3.8) is 0 Å². The van der Waals surface area contributed by atoms with Crippen LogP contribution in [0.25, 0.3) is 6.08 Å². The van der Waals surface area contributed by atoms with E-state index in [0.29, 0.717) is 17.6 Å². The van der Waals surface area contributed by atoms with Gasteiger partial charge in [0.1, 0.15) is 55.4 Å². The summed E-state index contributed by atoms with van der Waals surface area (Å²) in [5.41, 5.74) is 1.12. The number of hydrogen-bond acceptors (Lipinski definition) is 19. The molecule has 13 unspecified atom stereocenters. The van der Waals surface area contributed by atoms with Crippen molar-refractivity contribution in [3.8, 4) is 17.2 Å². The standard InChI is InChI=1S/C34H44O19/c1-45-18-8-14(9-19(46-2)24(18)37)4-7-22(36)48-12-20-25(38)27(40)29(42)33(51-20)50-13-21-26(39)28(41)30(43)34(52-21)53-32-23-15(10-35)5-6-16(23)17(11-49-32)31(44)47-3/h4-5,7-9,11,16,20-21,23,25-30,32-35,37-43H,6,10,12-13H2,1-3H3. The largest absolute Gasteiger partial charge is 0.502 e. The molecule has 0 bridgehead atoms. The van der Waals surface area contributed by atoms with Gasteiger partial charge in [0.05, 0.1) is 52.3 Å². The SMILES string of the molecule is COC(=O)C1=COC(OC2OC(COC3OC(COC(=O)C=Cc4cc(OC)c(O)c(OC)c4)C(O)C(O)C3O)C(O)C(O)C2O)C2C(CO)=CCC12. The van der Waals surface area contributed by atoms with Crippen LogP contribution in [0.1, 0.15) is 12.0 Å². The number of fused-ring (bicyclic) bond motifs is 1. The van der Waals surface area contributed by atoms with Crippen molar-refractivity contribution in [2.75, 3.05) is 41.2 Å². The Hall–Kier alpha value is -3.86. The minimum atomic E-state index is -1.83. The summed E-state index contributed by atoms with van der Waals surface area (Å²) < 4.78 is 48.6. The van der Waals surface area contributed by atoms with Gasteiger partial charge in [-0.25, -0.2) is 9.59 Å². The molecule has 0 amide bonds. The average molecular weight is 757 g/mol. The lowest BCUT2D eigenvalue weighted by atomic mass is 9.83.